The molecule has 3 rings (SSSR count). The van der Waals surface area contributed by atoms with Gasteiger partial charge in [-0.15, -0.1) is 11.3 Å². The number of rotatable bonds is 0. The van der Waals surface area contributed by atoms with E-state index >= 15 is 0 Å². The molecule has 0 fully saturated rings. The third kappa shape index (κ3) is 0.962. The second-order valence-corrected chi connectivity index (χ2v) is 5.15. The Morgan fingerprint density at radius 2 is 2.43 bits per heavy atom. The number of hydrogen-bond donors (Lipinski definition) is 1. The molecule has 3 aromatic rings. The van der Waals surface area contributed by atoms with Gasteiger partial charge in [-0.3, -0.25) is 4.98 Å². The van der Waals surface area contributed by atoms with Gasteiger partial charge in [0, 0.05) is 0 Å². The molecule has 70 valence electrons. The number of aromatic amines is 1. The summed E-state index contributed by atoms with van der Waals surface area (Å²) in [5.74, 6) is 0. The van der Waals surface area contributed by atoms with E-state index in [1.807, 2.05) is 6.07 Å². The highest BCUT2D eigenvalue weighted by atomic mass is 79.9. The molecular formula is C7H3BrN4OS. The van der Waals surface area contributed by atoms with E-state index in [0.717, 1.165) is 14.0 Å². The molecule has 0 aliphatic carbocycles. The Hall–Kier alpha value is -1.21. The molecule has 0 radical (unpaired) electrons. The Bertz CT molecular complexity index is 682. The zero-order valence-corrected chi connectivity index (χ0v) is 9.09. The van der Waals surface area contributed by atoms with Gasteiger partial charge in [-0.25, -0.2) is 9.78 Å². The van der Waals surface area contributed by atoms with Gasteiger partial charge in [-0.1, -0.05) is 0 Å². The van der Waals surface area contributed by atoms with Gasteiger partial charge in [0.25, 0.3) is 0 Å². The molecule has 14 heavy (non-hydrogen) atoms. The summed E-state index contributed by atoms with van der Waals surface area (Å²) < 4.78 is 2.21. The third-order valence-electron chi connectivity index (χ3n) is 1.90. The minimum atomic E-state index is -0.264. The van der Waals surface area contributed by atoms with Crippen LogP contribution in [-0.4, -0.2) is 19.6 Å². The maximum absolute atomic E-state index is 11.5. The lowest BCUT2D eigenvalue weighted by atomic mass is 10.4. The highest BCUT2D eigenvalue weighted by molar-refractivity contribution is 9.11. The van der Waals surface area contributed by atoms with E-state index in [-0.39, 0.29) is 5.69 Å². The zero-order chi connectivity index (χ0) is 9.71. The van der Waals surface area contributed by atoms with Gasteiger partial charge in [-0.05, 0) is 22.0 Å². The van der Waals surface area contributed by atoms with Crippen molar-refractivity contribution < 1.29 is 0 Å². The first kappa shape index (κ1) is 8.13. The summed E-state index contributed by atoms with van der Waals surface area (Å²) in [7, 11) is 0. The molecule has 0 aliphatic rings. The molecule has 0 unspecified atom stereocenters. The Kier molecular flexibility index (Phi) is 1.53. The number of halogens is 1. The predicted molar refractivity (Wildman–Crippen MR) is 56.7 cm³/mol. The minimum Gasteiger partial charge on any atom is -0.297 e. The first-order valence-electron chi connectivity index (χ1n) is 3.77. The van der Waals surface area contributed by atoms with Crippen LogP contribution in [0.15, 0.2) is 21.0 Å². The number of H-pyrrole nitrogens is 1. The van der Waals surface area contributed by atoms with Gasteiger partial charge in [0.05, 0.1) is 9.17 Å². The summed E-state index contributed by atoms with van der Waals surface area (Å²) in [4.78, 5) is 19.0. The zero-order valence-electron chi connectivity index (χ0n) is 6.69. The molecule has 1 N–H and O–H groups in total. The molecule has 0 spiro atoms. The van der Waals surface area contributed by atoms with E-state index < -0.39 is 0 Å². The average molecular weight is 271 g/mol. The number of nitrogens with zero attached hydrogens (tertiary/aromatic N) is 3. The van der Waals surface area contributed by atoms with Crippen molar-refractivity contribution in [2.75, 3.05) is 0 Å². The molecule has 3 aromatic heterocycles. The van der Waals surface area contributed by atoms with E-state index in [2.05, 4.69) is 31.0 Å². The average Bonchev–Trinajstić information content (AvgIpc) is 2.69. The molecular weight excluding hydrogens is 268 g/mol. The summed E-state index contributed by atoms with van der Waals surface area (Å²) >= 11 is 4.83. The summed E-state index contributed by atoms with van der Waals surface area (Å²) in [5, 5.41) is 4.73. The molecule has 3 heterocycles. The third-order valence-corrected chi connectivity index (χ3v) is 3.46. The second kappa shape index (κ2) is 2.64. The van der Waals surface area contributed by atoms with Crippen molar-refractivity contribution in [3.63, 3.8) is 0 Å². The van der Waals surface area contributed by atoms with Crippen LogP contribution in [0.3, 0.4) is 0 Å². The molecule has 0 saturated heterocycles. The molecule has 0 amide bonds. The fraction of sp³-hybridized carbons (Fsp3) is 0. The molecule has 0 aliphatic heterocycles. The van der Waals surface area contributed by atoms with Crippen molar-refractivity contribution in [1.82, 2.24) is 19.6 Å². The normalized spacial score (nSPS) is 11.5. The van der Waals surface area contributed by atoms with Crippen LogP contribution in [0.5, 0.6) is 0 Å². The van der Waals surface area contributed by atoms with Gasteiger partial charge >= 0.3 is 5.69 Å². The van der Waals surface area contributed by atoms with Crippen LogP contribution in [0.25, 0.3) is 15.9 Å². The monoisotopic (exact) mass is 270 g/mol. The SMILES string of the molecule is O=c1[nH]c2sc(Br)cc2c2ncnn12. The summed E-state index contributed by atoms with van der Waals surface area (Å²) in [6.07, 6.45) is 1.37. The van der Waals surface area contributed by atoms with E-state index in [1.165, 1.54) is 22.2 Å². The quantitative estimate of drug-likeness (QED) is 0.672. The highest BCUT2D eigenvalue weighted by Gasteiger charge is 2.08. The van der Waals surface area contributed by atoms with E-state index in [9.17, 15) is 4.79 Å². The first-order chi connectivity index (χ1) is 6.75. The lowest BCUT2D eigenvalue weighted by molar-refractivity contribution is 0.883. The van der Waals surface area contributed by atoms with Crippen LogP contribution in [0, 0.1) is 0 Å². The summed E-state index contributed by atoms with van der Waals surface area (Å²) in [6, 6.07) is 1.92. The van der Waals surface area contributed by atoms with Gasteiger partial charge in [0.15, 0.2) is 5.65 Å². The first-order valence-corrected chi connectivity index (χ1v) is 5.38. The molecule has 0 bridgehead atoms. The number of hydrogen-bond acceptors (Lipinski definition) is 4. The highest BCUT2D eigenvalue weighted by Crippen LogP contribution is 2.28. The van der Waals surface area contributed by atoms with Gasteiger partial charge in [0.1, 0.15) is 11.2 Å². The van der Waals surface area contributed by atoms with Crippen molar-refractivity contribution in [2.45, 2.75) is 0 Å². The predicted octanol–water partition coefficient (Wildman–Crippen LogP) is 1.39. The summed E-state index contributed by atoms with van der Waals surface area (Å²) in [6.45, 7) is 0. The van der Waals surface area contributed by atoms with Gasteiger partial charge in [0.2, 0.25) is 0 Å². The summed E-state index contributed by atoms with van der Waals surface area (Å²) in [5.41, 5.74) is 0.324. The Morgan fingerprint density at radius 1 is 1.57 bits per heavy atom. The molecule has 0 atom stereocenters. The van der Waals surface area contributed by atoms with Crippen LogP contribution in [0.2, 0.25) is 0 Å². The molecule has 0 aromatic carbocycles. The number of nitrogens with one attached hydrogen (secondary N) is 1. The number of thiophene rings is 1. The Morgan fingerprint density at radius 3 is 3.29 bits per heavy atom. The van der Waals surface area contributed by atoms with Crippen LogP contribution in [0.1, 0.15) is 0 Å². The maximum atomic E-state index is 11.5. The van der Waals surface area contributed by atoms with Crippen LogP contribution < -0.4 is 5.69 Å². The van der Waals surface area contributed by atoms with Crippen LogP contribution in [0.4, 0.5) is 0 Å². The van der Waals surface area contributed by atoms with Crippen molar-refractivity contribution >= 4 is 43.1 Å². The van der Waals surface area contributed by atoms with Crippen molar-refractivity contribution in [3.8, 4) is 0 Å². The molecule has 7 heteroatoms. The van der Waals surface area contributed by atoms with E-state index in [0.29, 0.717) is 5.65 Å². The van der Waals surface area contributed by atoms with Crippen molar-refractivity contribution in [1.29, 1.82) is 0 Å². The Balaban J connectivity index is 2.72. The maximum Gasteiger partial charge on any atom is 0.349 e. The van der Waals surface area contributed by atoms with Crippen molar-refractivity contribution in [2.24, 2.45) is 0 Å². The lowest BCUT2D eigenvalue weighted by Crippen LogP contribution is -2.16. The lowest BCUT2D eigenvalue weighted by Gasteiger charge is -1.91. The van der Waals surface area contributed by atoms with Crippen LogP contribution in [-0.2, 0) is 0 Å². The number of fused-ring (bicyclic) bond motifs is 3. The van der Waals surface area contributed by atoms with Gasteiger partial charge in [-0.2, -0.15) is 9.61 Å². The smallest absolute Gasteiger partial charge is 0.297 e. The largest absolute Gasteiger partial charge is 0.349 e. The molecule has 5 nitrogen and oxygen atoms in total. The standard InChI is InChI=1S/C7H3BrN4OS/c8-4-1-3-5-9-2-10-12(5)7(13)11-6(3)14-4/h1-2H,(H,11,13). The fourth-order valence-corrected chi connectivity index (χ4v) is 2.83. The fourth-order valence-electron chi connectivity index (χ4n) is 1.34. The minimum absolute atomic E-state index is 0.264. The number of aromatic nitrogens is 4. The molecule has 0 saturated carbocycles. The van der Waals surface area contributed by atoms with E-state index in [1.54, 1.807) is 0 Å². The Labute approximate surface area is 89.5 Å². The van der Waals surface area contributed by atoms with E-state index in [4.69, 9.17) is 0 Å². The van der Waals surface area contributed by atoms with Crippen LogP contribution >= 0.6 is 27.3 Å². The topological polar surface area (TPSA) is 63.0 Å². The van der Waals surface area contributed by atoms with Crippen molar-refractivity contribution in [3.05, 3.63) is 26.7 Å². The van der Waals surface area contributed by atoms with Gasteiger partial charge < -0.3 is 0 Å². The second-order valence-electron chi connectivity index (χ2n) is 2.72.